The van der Waals surface area contributed by atoms with E-state index in [1.807, 2.05) is 0 Å². The molecule has 0 unspecified atom stereocenters. The van der Waals surface area contributed by atoms with Gasteiger partial charge in [0.15, 0.2) is 0 Å². The van der Waals surface area contributed by atoms with Gasteiger partial charge in [-0.3, -0.25) is 9.59 Å². The van der Waals surface area contributed by atoms with E-state index < -0.39 is 0 Å². The van der Waals surface area contributed by atoms with Gasteiger partial charge in [-0.1, -0.05) is 40.0 Å². The Bertz CT molecular complexity index is 219. The van der Waals surface area contributed by atoms with E-state index in [0.29, 0.717) is 29.9 Å². The number of esters is 1. The largest absolute Gasteiger partial charge is 0.529 e. The third-order valence-corrected chi connectivity index (χ3v) is 2.91. The van der Waals surface area contributed by atoms with Crippen LogP contribution in [0.3, 0.4) is 0 Å². The summed E-state index contributed by atoms with van der Waals surface area (Å²) in [5, 5.41) is 0. The standard InChI is InChI=1S/C9H18O2.C5H12O2Si/c1-3-5-7-9(10)11-8-6-4-2;1-2-3-4-5(6)7-8/h3-8H2,1-2H3;2-4H2,1,8H3. The molecular formula is C14H30O4Si. The molecule has 0 saturated carbocycles. The van der Waals surface area contributed by atoms with Crippen LogP contribution >= 0.6 is 0 Å². The van der Waals surface area contributed by atoms with Gasteiger partial charge in [0.1, 0.15) is 0 Å². The normalized spacial score (nSPS) is 9.42. The first-order chi connectivity index (χ1) is 9.12. The lowest BCUT2D eigenvalue weighted by Gasteiger charge is -2.01. The molecule has 0 N–H and O–H groups in total. The second-order valence-electron chi connectivity index (χ2n) is 4.36. The van der Waals surface area contributed by atoms with Crippen LogP contribution in [0, 0.1) is 0 Å². The molecule has 5 heteroatoms. The molecule has 0 heterocycles. The molecular weight excluding hydrogens is 260 g/mol. The van der Waals surface area contributed by atoms with Gasteiger partial charge in [-0.15, -0.1) is 0 Å². The van der Waals surface area contributed by atoms with Gasteiger partial charge in [0.25, 0.3) is 5.97 Å². The van der Waals surface area contributed by atoms with E-state index in [4.69, 9.17) is 4.74 Å². The highest BCUT2D eigenvalue weighted by molar-refractivity contribution is 6.05. The van der Waals surface area contributed by atoms with Gasteiger partial charge >= 0.3 is 5.97 Å². The highest BCUT2D eigenvalue weighted by atomic mass is 28.2. The van der Waals surface area contributed by atoms with Crippen LogP contribution in [-0.2, 0) is 18.8 Å². The zero-order chi connectivity index (χ0) is 14.9. The van der Waals surface area contributed by atoms with E-state index in [9.17, 15) is 9.59 Å². The van der Waals surface area contributed by atoms with Crippen LogP contribution in [0.15, 0.2) is 0 Å². The van der Waals surface area contributed by atoms with E-state index in [1.54, 1.807) is 0 Å². The van der Waals surface area contributed by atoms with Crippen LogP contribution in [-0.4, -0.2) is 29.0 Å². The topological polar surface area (TPSA) is 52.6 Å². The number of carbonyl (C=O) groups excluding carboxylic acids is 2. The Morgan fingerprint density at radius 1 is 0.842 bits per heavy atom. The fraction of sp³-hybridized carbons (Fsp3) is 0.857. The Labute approximate surface area is 120 Å². The molecule has 0 atom stereocenters. The molecule has 0 bridgehead atoms. The van der Waals surface area contributed by atoms with Crippen molar-refractivity contribution >= 4 is 22.4 Å². The predicted molar refractivity (Wildman–Crippen MR) is 80.9 cm³/mol. The van der Waals surface area contributed by atoms with Crippen LogP contribution in [0.4, 0.5) is 0 Å². The maximum atomic E-state index is 10.9. The molecule has 0 aromatic rings. The van der Waals surface area contributed by atoms with E-state index in [-0.39, 0.29) is 11.9 Å². The van der Waals surface area contributed by atoms with Crippen molar-refractivity contribution in [2.45, 2.75) is 72.1 Å². The zero-order valence-corrected chi connectivity index (χ0v) is 15.0. The molecule has 0 saturated heterocycles. The smallest absolute Gasteiger partial charge is 0.305 e. The highest BCUT2D eigenvalue weighted by Crippen LogP contribution is 1.97. The van der Waals surface area contributed by atoms with Crippen molar-refractivity contribution in [3.8, 4) is 0 Å². The minimum atomic E-state index is -0.0430. The minimum absolute atomic E-state index is 0.0414. The van der Waals surface area contributed by atoms with Gasteiger partial charge in [-0.2, -0.15) is 0 Å². The van der Waals surface area contributed by atoms with E-state index in [2.05, 4.69) is 25.2 Å². The second kappa shape index (κ2) is 17.2. The summed E-state index contributed by atoms with van der Waals surface area (Å²) in [6.07, 6.45) is 7.28. The molecule has 0 rings (SSSR count). The quantitative estimate of drug-likeness (QED) is 0.372. The predicted octanol–water partition coefficient (Wildman–Crippen LogP) is 2.52. The number of ether oxygens (including phenoxy) is 1. The molecule has 0 aliphatic rings. The first-order valence-electron chi connectivity index (χ1n) is 7.34. The zero-order valence-electron chi connectivity index (χ0n) is 13.0. The maximum absolute atomic E-state index is 10.9. The fourth-order valence-electron chi connectivity index (χ4n) is 1.15. The van der Waals surface area contributed by atoms with Crippen LogP contribution in [0.25, 0.3) is 0 Å². The first-order valence-corrected chi connectivity index (χ1v) is 8.16. The van der Waals surface area contributed by atoms with E-state index in [1.165, 1.54) is 0 Å². The van der Waals surface area contributed by atoms with Gasteiger partial charge in [0.2, 0.25) is 10.5 Å². The summed E-state index contributed by atoms with van der Waals surface area (Å²) in [5.74, 6) is -0.0844. The highest BCUT2D eigenvalue weighted by Gasteiger charge is 1.99. The van der Waals surface area contributed by atoms with Crippen molar-refractivity contribution in [2.75, 3.05) is 6.61 Å². The summed E-state index contributed by atoms with van der Waals surface area (Å²) in [5.41, 5.74) is 0. The van der Waals surface area contributed by atoms with Crippen LogP contribution in [0.1, 0.15) is 72.1 Å². The van der Waals surface area contributed by atoms with E-state index >= 15 is 0 Å². The van der Waals surface area contributed by atoms with Crippen LogP contribution in [0.5, 0.6) is 0 Å². The Morgan fingerprint density at radius 2 is 1.32 bits per heavy atom. The molecule has 0 aliphatic heterocycles. The minimum Gasteiger partial charge on any atom is -0.529 e. The number of hydrogen-bond donors (Lipinski definition) is 0. The van der Waals surface area contributed by atoms with Crippen molar-refractivity contribution in [3.05, 3.63) is 0 Å². The average molecular weight is 290 g/mol. The maximum Gasteiger partial charge on any atom is 0.305 e. The van der Waals surface area contributed by atoms with Crippen molar-refractivity contribution in [1.82, 2.24) is 0 Å². The summed E-state index contributed by atoms with van der Waals surface area (Å²) in [7, 11) is 0.540. The third kappa shape index (κ3) is 19.7. The molecule has 114 valence electrons. The number of hydrogen-bond acceptors (Lipinski definition) is 4. The molecule has 0 aromatic heterocycles. The number of carbonyl (C=O) groups is 2. The fourth-order valence-corrected chi connectivity index (χ4v) is 1.35. The molecule has 4 nitrogen and oxygen atoms in total. The number of rotatable bonds is 9. The molecule has 0 aliphatic carbocycles. The Balaban J connectivity index is 0. The van der Waals surface area contributed by atoms with Gasteiger partial charge in [0, 0.05) is 12.8 Å². The summed E-state index contributed by atoms with van der Waals surface area (Å²) < 4.78 is 9.50. The first kappa shape index (κ1) is 20.5. The van der Waals surface area contributed by atoms with Crippen molar-refractivity contribution < 1.29 is 18.8 Å². The van der Waals surface area contributed by atoms with Crippen LogP contribution < -0.4 is 0 Å². The second-order valence-corrected chi connectivity index (χ2v) is 4.77. The summed E-state index contributed by atoms with van der Waals surface area (Å²) in [6, 6.07) is 0. The van der Waals surface area contributed by atoms with Crippen molar-refractivity contribution in [2.24, 2.45) is 0 Å². The molecule has 0 radical (unpaired) electrons. The molecule has 0 spiro atoms. The Hall–Kier alpha value is -0.843. The molecule has 19 heavy (non-hydrogen) atoms. The van der Waals surface area contributed by atoms with Gasteiger partial charge in [-0.25, -0.2) is 0 Å². The molecule has 0 aromatic carbocycles. The monoisotopic (exact) mass is 290 g/mol. The average Bonchev–Trinajstić information content (AvgIpc) is 2.43. The van der Waals surface area contributed by atoms with E-state index in [0.717, 1.165) is 38.5 Å². The Morgan fingerprint density at radius 3 is 1.74 bits per heavy atom. The van der Waals surface area contributed by atoms with Crippen LogP contribution in [0.2, 0.25) is 0 Å². The summed E-state index contributed by atoms with van der Waals surface area (Å²) in [6.45, 7) is 6.80. The number of unbranched alkanes of at least 4 members (excludes halogenated alkanes) is 3. The summed E-state index contributed by atoms with van der Waals surface area (Å²) >= 11 is 0. The SMILES string of the molecule is CCCCC(=O)O[SiH3].CCCCOC(=O)CCCC. The lowest BCUT2D eigenvalue weighted by Crippen LogP contribution is -2.04. The van der Waals surface area contributed by atoms with Gasteiger partial charge in [0.05, 0.1) is 6.61 Å². The third-order valence-electron chi connectivity index (χ3n) is 2.46. The van der Waals surface area contributed by atoms with Gasteiger partial charge in [-0.05, 0) is 19.3 Å². The Kier molecular flexibility index (Phi) is 18.5. The van der Waals surface area contributed by atoms with Crippen molar-refractivity contribution in [3.63, 3.8) is 0 Å². The summed E-state index contributed by atoms with van der Waals surface area (Å²) in [4.78, 5) is 21.2. The molecule has 0 amide bonds. The lowest BCUT2D eigenvalue weighted by atomic mass is 10.2. The lowest BCUT2D eigenvalue weighted by molar-refractivity contribution is -0.143. The van der Waals surface area contributed by atoms with Gasteiger partial charge < -0.3 is 9.16 Å². The van der Waals surface area contributed by atoms with Crippen molar-refractivity contribution in [1.29, 1.82) is 0 Å². The molecule has 0 fully saturated rings.